The minimum absolute atomic E-state index is 0.135. The fraction of sp³-hybridized carbons (Fsp3) is 0.500. The second kappa shape index (κ2) is 4.61. The third-order valence-corrected chi connectivity index (χ3v) is 1.94. The van der Waals surface area contributed by atoms with Crippen LogP contribution in [0.1, 0.15) is 6.42 Å². The summed E-state index contributed by atoms with van der Waals surface area (Å²) in [6.45, 7) is 0.923. The van der Waals surface area contributed by atoms with Crippen LogP contribution in [-0.4, -0.2) is 41.1 Å². The van der Waals surface area contributed by atoms with E-state index < -0.39 is 12.0 Å². The van der Waals surface area contributed by atoms with Crippen LogP contribution >= 0.6 is 0 Å². The maximum Gasteiger partial charge on any atom is 0.320 e. The molecule has 0 aliphatic carbocycles. The molecule has 0 saturated carbocycles. The predicted octanol–water partition coefficient (Wildman–Crippen LogP) is -1.31. The third-order valence-electron chi connectivity index (χ3n) is 1.94. The van der Waals surface area contributed by atoms with Crippen LogP contribution in [0.25, 0.3) is 0 Å². The van der Waals surface area contributed by atoms with Crippen LogP contribution in [0, 0.1) is 0 Å². The van der Waals surface area contributed by atoms with E-state index in [0.717, 1.165) is 0 Å². The van der Waals surface area contributed by atoms with Crippen LogP contribution in [-0.2, 0) is 9.59 Å². The number of nitrogens with two attached hydrogens (primary N) is 1. The molecule has 1 amide bonds. The first-order valence-corrected chi connectivity index (χ1v) is 4.28. The summed E-state index contributed by atoms with van der Waals surface area (Å²) in [6, 6.07) is -0.846. The smallest absolute Gasteiger partial charge is 0.320 e. The van der Waals surface area contributed by atoms with E-state index in [1.165, 1.54) is 6.08 Å². The number of carboxylic acids is 1. The molecule has 6 heteroatoms. The van der Waals surface area contributed by atoms with E-state index in [9.17, 15) is 9.59 Å². The Morgan fingerprint density at radius 2 is 2.50 bits per heavy atom. The summed E-state index contributed by atoms with van der Waals surface area (Å²) in [6.07, 6.45) is 3.39. The number of rotatable bonds is 4. The summed E-state index contributed by atoms with van der Waals surface area (Å²) in [5.74, 6) is -1.14. The SMILES string of the molecule is NC(CCN1C=CC(=O)NC1)C(=O)O. The largest absolute Gasteiger partial charge is 0.480 e. The van der Waals surface area contributed by atoms with Crippen molar-refractivity contribution >= 4 is 11.9 Å². The Morgan fingerprint density at radius 3 is 3.00 bits per heavy atom. The van der Waals surface area contributed by atoms with Gasteiger partial charge in [-0.3, -0.25) is 9.59 Å². The van der Waals surface area contributed by atoms with E-state index in [4.69, 9.17) is 10.8 Å². The average Bonchev–Trinajstić information content (AvgIpc) is 2.16. The van der Waals surface area contributed by atoms with Gasteiger partial charge in [0.1, 0.15) is 6.04 Å². The Kier molecular flexibility index (Phi) is 3.47. The maximum absolute atomic E-state index is 10.7. The quantitative estimate of drug-likeness (QED) is 0.522. The van der Waals surface area contributed by atoms with Crippen molar-refractivity contribution in [2.45, 2.75) is 12.5 Å². The van der Waals surface area contributed by atoms with Crippen molar-refractivity contribution in [3.05, 3.63) is 12.3 Å². The van der Waals surface area contributed by atoms with Gasteiger partial charge >= 0.3 is 5.97 Å². The number of hydrogen-bond donors (Lipinski definition) is 3. The molecule has 1 unspecified atom stereocenters. The lowest BCUT2D eigenvalue weighted by atomic mass is 10.2. The molecule has 1 aliphatic rings. The molecule has 1 heterocycles. The lowest BCUT2D eigenvalue weighted by Crippen LogP contribution is -2.41. The molecule has 0 fully saturated rings. The number of nitrogens with zero attached hydrogens (tertiary/aromatic N) is 1. The summed E-state index contributed by atoms with van der Waals surface area (Å²) >= 11 is 0. The minimum Gasteiger partial charge on any atom is -0.480 e. The van der Waals surface area contributed by atoms with Crippen LogP contribution in [0.4, 0.5) is 0 Å². The van der Waals surface area contributed by atoms with Gasteiger partial charge in [-0.1, -0.05) is 0 Å². The first-order valence-electron chi connectivity index (χ1n) is 4.28. The van der Waals surface area contributed by atoms with Crippen LogP contribution in [0.2, 0.25) is 0 Å². The van der Waals surface area contributed by atoms with Gasteiger partial charge < -0.3 is 21.1 Å². The fourth-order valence-electron chi connectivity index (χ4n) is 1.05. The summed E-state index contributed by atoms with van der Waals surface area (Å²) in [7, 11) is 0. The number of nitrogens with one attached hydrogen (secondary N) is 1. The minimum atomic E-state index is -1.00. The number of carboxylic acid groups (broad SMARTS) is 1. The van der Waals surface area contributed by atoms with Crippen molar-refractivity contribution in [2.24, 2.45) is 5.73 Å². The third kappa shape index (κ3) is 3.06. The van der Waals surface area contributed by atoms with Crippen LogP contribution < -0.4 is 11.1 Å². The van der Waals surface area contributed by atoms with Gasteiger partial charge in [-0.05, 0) is 6.42 Å². The first-order chi connectivity index (χ1) is 6.59. The monoisotopic (exact) mass is 199 g/mol. The van der Waals surface area contributed by atoms with Crippen molar-refractivity contribution < 1.29 is 14.7 Å². The van der Waals surface area contributed by atoms with E-state index >= 15 is 0 Å². The molecule has 0 saturated heterocycles. The summed E-state index contributed by atoms with van der Waals surface area (Å²) in [4.78, 5) is 22.9. The Labute approximate surface area is 81.4 Å². The zero-order valence-electron chi connectivity index (χ0n) is 7.64. The van der Waals surface area contributed by atoms with Crippen LogP contribution in [0.15, 0.2) is 12.3 Å². The molecule has 0 spiro atoms. The molecule has 1 atom stereocenters. The first kappa shape index (κ1) is 10.5. The Bertz CT molecular complexity index is 265. The molecule has 1 rings (SSSR count). The zero-order chi connectivity index (χ0) is 10.6. The normalized spacial score (nSPS) is 17.8. The molecule has 1 aliphatic heterocycles. The van der Waals surface area contributed by atoms with Gasteiger partial charge in [0.05, 0.1) is 6.67 Å². The van der Waals surface area contributed by atoms with Crippen molar-refractivity contribution in [1.29, 1.82) is 0 Å². The molecule has 0 aromatic carbocycles. The highest BCUT2D eigenvalue weighted by Gasteiger charge is 2.13. The molecule has 78 valence electrons. The van der Waals surface area contributed by atoms with E-state index in [0.29, 0.717) is 19.6 Å². The topological polar surface area (TPSA) is 95.7 Å². The van der Waals surface area contributed by atoms with E-state index in [1.807, 2.05) is 0 Å². The Hall–Kier alpha value is -1.56. The standard InChI is InChI=1S/C8H13N3O3/c9-6(8(13)14)1-3-11-4-2-7(12)10-5-11/h2,4,6H,1,3,5,9H2,(H,10,12)(H,13,14). The van der Waals surface area contributed by atoms with Gasteiger partial charge in [0.2, 0.25) is 5.91 Å². The highest BCUT2D eigenvalue weighted by atomic mass is 16.4. The zero-order valence-corrected chi connectivity index (χ0v) is 7.64. The molecule has 0 bridgehead atoms. The summed E-state index contributed by atoms with van der Waals surface area (Å²) in [5, 5.41) is 11.1. The average molecular weight is 199 g/mol. The lowest BCUT2D eigenvalue weighted by molar-refractivity contribution is -0.138. The maximum atomic E-state index is 10.7. The van der Waals surface area contributed by atoms with Crippen molar-refractivity contribution in [3.8, 4) is 0 Å². The lowest BCUT2D eigenvalue weighted by Gasteiger charge is -2.24. The van der Waals surface area contributed by atoms with Gasteiger partial charge in [0.15, 0.2) is 0 Å². The van der Waals surface area contributed by atoms with Crippen LogP contribution in [0.5, 0.6) is 0 Å². The second-order valence-electron chi connectivity index (χ2n) is 3.06. The molecule has 6 nitrogen and oxygen atoms in total. The number of carbonyl (C=O) groups is 2. The van der Waals surface area contributed by atoms with E-state index in [1.54, 1.807) is 11.1 Å². The second-order valence-corrected chi connectivity index (χ2v) is 3.06. The molecule has 4 N–H and O–H groups in total. The molecular formula is C8H13N3O3. The highest BCUT2D eigenvalue weighted by molar-refractivity contribution is 5.87. The van der Waals surface area contributed by atoms with Gasteiger partial charge in [-0.2, -0.15) is 0 Å². The van der Waals surface area contributed by atoms with Crippen molar-refractivity contribution in [2.75, 3.05) is 13.2 Å². The predicted molar refractivity (Wildman–Crippen MR) is 49.1 cm³/mol. The molecule has 0 aromatic rings. The van der Waals surface area contributed by atoms with Crippen molar-refractivity contribution in [1.82, 2.24) is 10.2 Å². The summed E-state index contributed by atoms with van der Waals surface area (Å²) < 4.78 is 0. The van der Waals surface area contributed by atoms with Crippen LogP contribution in [0.3, 0.4) is 0 Å². The van der Waals surface area contributed by atoms with E-state index in [-0.39, 0.29) is 5.91 Å². The van der Waals surface area contributed by atoms with Gasteiger partial charge in [-0.25, -0.2) is 0 Å². The molecule has 14 heavy (non-hydrogen) atoms. The van der Waals surface area contributed by atoms with Gasteiger partial charge in [0, 0.05) is 18.8 Å². The summed E-state index contributed by atoms with van der Waals surface area (Å²) in [5.41, 5.74) is 5.32. The Balaban J connectivity index is 2.29. The fourth-order valence-corrected chi connectivity index (χ4v) is 1.05. The van der Waals surface area contributed by atoms with Gasteiger partial charge in [0.25, 0.3) is 0 Å². The number of aliphatic carboxylic acids is 1. The van der Waals surface area contributed by atoms with Crippen molar-refractivity contribution in [3.63, 3.8) is 0 Å². The number of amides is 1. The highest BCUT2D eigenvalue weighted by Crippen LogP contribution is 1.98. The van der Waals surface area contributed by atoms with E-state index in [2.05, 4.69) is 5.32 Å². The Morgan fingerprint density at radius 1 is 1.79 bits per heavy atom. The number of hydrogen-bond acceptors (Lipinski definition) is 4. The molecule has 0 aromatic heterocycles. The van der Waals surface area contributed by atoms with Gasteiger partial charge in [-0.15, -0.1) is 0 Å². The number of carbonyl (C=O) groups excluding carboxylic acids is 1. The molecule has 0 radical (unpaired) electrons. The molecular weight excluding hydrogens is 186 g/mol.